The average Bonchev–Trinajstić information content (AvgIpc) is 2.07. The molecule has 58 valence electrons. The zero-order valence-corrected chi connectivity index (χ0v) is 6.46. The van der Waals surface area contributed by atoms with Gasteiger partial charge in [-0.25, -0.2) is 0 Å². The fourth-order valence-corrected chi connectivity index (χ4v) is 0.790. The van der Waals surface area contributed by atoms with Crippen LogP contribution in [-0.2, 0) is 0 Å². The molecule has 0 bridgehead atoms. The zero-order valence-electron chi connectivity index (χ0n) is 6.46. The summed E-state index contributed by atoms with van der Waals surface area (Å²) in [5, 5.41) is 0. The number of nitrogens with two attached hydrogens (primary N) is 1. The van der Waals surface area contributed by atoms with Crippen LogP contribution in [0.2, 0.25) is 0 Å². The molecule has 11 heavy (non-hydrogen) atoms. The molecule has 1 aliphatic heterocycles. The molecule has 0 aliphatic carbocycles. The predicted molar refractivity (Wildman–Crippen MR) is 46.4 cm³/mol. The molecule has 2 nitrogen and oxygen atoms in total. The number of hydrogen-bond acceptors (Lipinski definition) is 2. The predicted octanol–water partition coefficient (Wildman–Crippen LogP) is 0.682. The Labute approximate surface area is 67.4 Å². The normalized spacial score (nSPS) is 15.2. The van der Waals surface area contributed by atoms with Gasteiger partial charge in [-0.2, -0.15) is 0 Å². The Kier molecular flexibility index (Phi) is 3.30. The highest BCUT2D eigenvalue weighted by atomic mass is 15.1. The van der Waals surface area contributed by atoms with Crippen molar-refractivity contribution >= 4 is 0 Å². The van der Waals surface area contributed by atoms with Gasteiger partial charge in [0.05, 0.1) is 6.54 Å². The quantitative estimate of drug-likeness (QED) is 0.596. The third-order valence-electron chi connectivity index (χ3n) is 1.34. The summed E-state index contributed by atoms with van der Waals surface area (Å²) in [6.45, 7) is 1.50. The highest BCUT2D eigenvalue weighted by Crippen LogP contribution is 1.94. The fourth-order valence-electron chi connectivity index (χ4n) is 0.790. The topological polar surface area (TPSA) is 29.3 Å². The van der Waals surface area contributed by atoms with E-state index in [4.69, 9.17) is 5.73 Å². The molecule has 0 spiro atoms. The Morgan fingerprint density at radius 3 is 3.18 bits per heavy atom. The molecule has 1 heterocycles. The second kappa shape index (κ2) is 4.59. The van der Waals surface area contributed by atoms with Crippen LogP contribution < -0.4 is 5.73 Å². The lowest BCUT2D eigenvalue weighted by Crippen LogP contribution is -2.11. The molecule has 0 atom stereocenters. The van der Waals surface area contributed by atoms with Crippen LogP contribution in [0.15, 0.2) is 24.6 Å². The van der Waals surface area contributed by atoms with Crippen molar-refractivity contribution < 1.29 is 0 Å². The zero-order chi connectivity index (χ0) is 7.94. The Morgan fingerprint density at radius 1 is 1.64 bits per heavy atom. The lowest BCUT2D eigenvalue weighted by molar-refractivity contribution is 0.569. The summed E-state index contributed by atoms with van der Waals surface area (Å²) >= 11 is 0. The second-order valence-corrected chi connectivity index (χ2v) is 2.27. The Bertz CT molecular complexity index is 217. The lowest BCUT2D eigenvalue weighted by atomic mass is 10.4. The van der Waals surface area contributed by atoms with Gasteiger partial charge in [-0.3, -0.25) is 0 Å². The third kappa shape index (κ3) is 2.92. The lowest BCUT2D eigenvalue weighted by Gasteiger charge is -2.12. The molecular weight excluding hydrogens is 136 g/mol. The van der Waals surface area contributed by atoms with Crippen molar-refractivity contribution in [2.45, 2.75) is 6.42 Å². The Balaban J connectivity index is 2.29. The van der Waals surface area contributed by atoms with E-state index in [9.17, 15) is 0 Å². The van der Waals surface area contributed by atoms with Gasteiger partial charge in [0.1, 0.15) is 0 Å². The molecule has 2 N–H and O–H groups in total. The highest BCUT2D eigenvalue weighted by Gasteiger charge is 1.91. The summed E-state index contributed by atoms with van der Waals surface area (Å²) in [5.74, 6) is 5.84. The summed E-state index contributed by atoms with van der Waals surface area (Å²) < 4.78 is 0. The molecule has 0 radical (unpaired) electrons. The van der Waals surface area contributed by atoms with Crippen LogP contribution in [0.25, 0.3) is 0 Å². The minimum Gasteiger partial charge on any atom is -0.342 e. The molecule has 1 aliphatic rings. The molecular formula is C9H12N2. The van der Waals surface area contributed by atoms with Crippen molar-refractivity contribution in [3.05, 3.63) is 24.6 Å². The van der Waals surface area contributed by atoms with E-state index < -0.39 is 0 Å². The molecule has 0 fully saturated rings. The molecule has 0 amide bonds. The smallest absolute Gasteiger partial charge is 0.0835 e. The van der Waals surface area contributed by atoms with Crippen LogP contribution in [0.4, 0.5) is 0 Å². The van der Waals surface area contributed by atoms with Gasteiger partial charge < -0.3 is 10.6 Å². The SMILES string of the molecule is NCC/C=C/N1C=CC#CC1. The summed E-state index contributed by atoms with van der Waals surface area (Å²) in [6, 6.07) is 0. The number of nitrogens with zero attached hydrogens (tertiary/aromatic N) is 1. The fraction of sp³-hybridized carbons (Fsp3) is 0.333. The van der Waals surface area contributed by atoms with E-state index in [1.54, 1.807) is 0 Å². The number of allylic oxidation sites excluding steroid dienone is 1. The van der Waals surface area contributed by atoms with Crippen LogP contribution in [0, 0.1) is 11.8 Å². The van der Waals surface area contributed by atoms with E-state index in [2.05, 4.69) is 17.9 Å². The first-order chi connectivity index (χ1) is 5.43. The van der Waals surface area contributed by atoms with E-state index in [-0.39, 0.29) is 0 Å². The van der Waals surface area contributed by atoms with E-state index in [0.29, 0.717) is 6.54 Å². The molecule has 0 saturated heterocycles. The first kappa shape index (κ1) is 7.90. The van der Waals surface area contributed by atoms with Crippen LogP contribution in [-0.4, -0.2) is 18.0 Å². The van der Waals surface area contributed by atoms with E-state index in [1.807, 2.05) is 23.4 Å². The van der Waals surface area contributed by atoms with Gasteiger partial charge in [0, 0.05) is 18.5 Å². The average molecular weight is 148 g/mol. The summed E-state index contributed by atoms with van der Waals surface area (Å²) in [7, 11) is 0. The van der Waals surface area contributed by atoms with Crippen molar-refractivity contribution in [3.8, 4) is 11.8 Å². The number of hydrogen-bond donors (Lipinski definition) is 1. The van der Waals surface area contributed by atoms with E-state index in [0.717, 1.165) is 13.0 Å². The number of rotatable bonds is 3. The largest absolute Gasteiger partial charge is 0.342 e. The second-order valence-electron chi connectivity index (χ2n) is 2.27. The Morgan fingerprint density at radius 2 is 2.55 bits per heavy atom. The molecule has 0 saturated carbocycles. The van der Waals surface area contributed by atoms with Gasteiger partial charge in [-0.05, 0) is 13.0 Å². The van der Waals surface area contributed by atoms with E-state index in [1.165, 1.54) is 0 Å². The van der Waals surface area contributed by atoms with Gasteiger partial charge in [0.15, 0.2) is 0 Å². The minimum atomic E-state index is 0.708. The highest BCUT2D eigenvalue weighted by molar-refractivity contribution is 5.21. The molecule has 0 aromatic carbocycles. The minimum absolute atomic E-state index is 0.708. The maximum atomic E-state index is 5.33. The summed E-state index contributed by atoms with van der Waals surface area (Å²) in [5.41, 5.74) is 5.33. The molecule has 0 aromatic heterocycles. The standard InChI is InChI=1S/C9H12N2/c10-6-2-5-9-11-7-3-1-4-8-11/h3,5,7,9H,2,6,8,10H2/b9-5+. The van der Waals surface area contributed by atoms with Crippen molar-refractivity contribution in [1.82, 2.24) is 4.90 Å². The molecule has 0 aromatic rings. The van der Waals surface area contributed by atoms with E-state index >= 15 is 0 Å². The van der Waals surface area contributed by atoms with Gasteiger partial charge in [-0.1, -0.05) is 17.9 Å². The van der Waals surface area contributed by atoms with Crippen molar-refractivity contribution in [1.29, 1.82) is 0 Å². The first-order valence-electron chi connectivity index (χ1n) is 3.71. The summed E-state index contributed by atoms with van der Waals surface area (Å²) in [6.07, 6.45) is 8.80. The van der Waals surface area contributed by atoms with Gasteiger partial charge in [-0.15, -0.1) is 0 Å². The molecule has 0 unspecified atom stereocenters. The van der Waals surface area contributed by atoms with Crippen molar-refractivity contribution in [2.75, 3.05) is 13.1 Å². The third-order valence-corrected chi connectivity index (χ3v) is 1.34. The van der Waals surface area contributed by atoms with Gasteiger partial charge >= 0.3 is 0 Å². The van der Waals surface area contributed by atoms with Crippen molar-refractivity contribution in [2.24, 2.45) is 5.73 Å². The van der Waals surface area contributed by atoms with Crippen LogP contribution in [0.3, 0.4) is 0 Å². The summed E-state index contributed by atoms with van der Waals surface area (Å²) in [4.78, 5) is 2.03. The van der Waals surface area contributed by atoms with Crippen molar-refractivity contribution in [3.63, 3.8) is 0 Å². The Hall–Kier alpha value is -1.20. The maximum absolute atomic E-state index is 5.33. The van der Waals surface area contributed by atoms with Crippen LogP contribution >= 0.6 is 0 Å². The first-order valence-corrected chi connectivity index (χ1v) is 3.71. The van der Waals surface area contributed by atoms with Crippen LogP contribution in [0.1, 0.15) is 6.42 Å². The van der Waals surface area contributed by atoms with Crippen LogP contribution in [0.5, 0.6) is 0 Å². The van der Waals surface area contributed by atoms with Gasteiger partial charge in [0.25, 0.3) is 0 Å². The molecule has 1 rings (SSSR count). The van der Waals surface area contributed by atoms with Gasteiger partial charge in [0.2, 0.25) is 0 Å². The monoisotopic (exact) mass is 148 g/mol. The molecule has 2 heteroatoms. The maximum Gasteiger partial charge on any atom is 0.0835 e.